The summed E-state index contributed by atoms with van der Waals surface area (Å²) in [5, 5.41) is 0. The summed E-state index contributed by atoms with van der Waals surface area (Å²) in [5.74, 6) is 1.98. The number of methoxy groups -OCH3 is 6. The second-order valence-electron chi connectivity index (χ2n) is 10.6. The van der Waals surface area contributed by atoms with Gasteiger partial charge in [0.05, 0.1) is 53.8 Å². The average Bonchev–Trinajstić information content (AvgIpc) is 3.11. The van der Waals surface area contributed by atoms with Crippen LogP contribution in [-0.4, -0.2) is 54.2 Å². The molecule has 0 radical (unpaired) electrons. The molecule has 0 atom stereocenters. The molecule has 0 spiro atoms. The second kappa shape index (κ2) is 18.7. The molecule has 12 nitrogen and oxygen atoms in total. The molecular formula is C36H38NaO12P. The third-order valence-electron chi connectivity index (χ3n) is 7.49. The van der Waals surface area contributed by atoms with Crippen molar-refractivity contribution in [1.29, 1.82) is 0 Å². The summed E-state index contributed by atoms with van der Waals surface area (Å²) >= 11 is 0. The first-order valence-corrected chi connectivity index (χ1v) is 16.5. The minimum atomic E-state index is -4.99. The molecule has 260 valence electrons. The van der Waals surface area contributed by atoms with E-state index < -0.39 is 7.82 Å². The number of carbonyl (C=O) groups is 2. The maximum absolute atomic E-state index is 13.1. The van der Waals surface area contributed by atoms with Gasteiger partial charge in [0, 0.05) is 37.1 Å². The summed E-state index contributed by atoms with van der Waals surface area (Å²) < 4.78 is 55.1. The molecule has 14 heteroatoms. The largest absolute Gasteiger partial charge is 1.00 e. The van der Waals surface area contributed by atoms with Crippen LogP contribution in [0.1, 0.15) is 44.7 Å². The van der Waals surface area contributed by atoms with Gasteiger partial charge in [0.15, 0.2) is 11.6 Å². The quantitative estimate of drug-likeness (QED) is 0.0846. The summed E-state index contributed by atoms with van der Waals surface area (Å²) in [4.78, 5) is 39.0. The van der Waals surface area contributed by atoms with Gasteiger partial charge in [-0.1, -0.05) is 0 Å². The zero-order valence-corrected chi connectivity index (χ0v) is 32.0. The van der Waals surface area contributed by atoms with Gasteiger partial charge in [-0.25, -0.2) is 4.57 Å². The molecule has 0 fully saturated rings. The fourth-order valence-electron chi connectivity index (χ4n) is 5.00. The molecular weight excluding hydrogens is 678 g/mol. The Bertz CT molecular complexity index is 1670. The Kier molecular flexibility index (Phi) is 15.1. The number of phosphoric ester groups is 1. The van der Waals surface area contributed by atoms with Crippen molar-refractivity contribution >= 4 is 19.4 Å². The number of hydrogen-bond acceptors (Lipinski definition) is 12. The molecule has 0 aliphatic heterocycles. The van der Waals surface area contributed by atoms with Crippen molar-refractivity contribution in [1.82, 2.24) is 0 Å². The number of carbonyl (C=O) groups excluding carboxylic acids is 2. The number of Topliss-reactive ketones (excluding diaryl/α,β-unsaturated/α-hetero) is 2. The fraction of sp³-hybridized carbons (Fsp3) is 0.278. The summed E-state index contributed by atoms with van der Waals surface area (Å²) in [6, 6.07) is 18.8. The summed E-state index contributed by atoms with van der Waals surface area (Å²) in [7, 11) is 3.91. The fourth-order valence-corrected chi connectivity index (χ4v) is 5.78. The molecule has 0 aliphatic rings. The number of phosphoric acid groups is 1. The maximum atomic E-state index is 13.1. The van der Waals surface area contributed by atoms with E-state index in [0.29, 0.717) is 35.8 Å². The van der Waals surface area contributed by atoms with Gasteiger partial charge >= 0.3 is 37.4 Å². The van der Waals surface area contributed by atoms with Gasteiger partial charge in [-0.3, -0.25) is 9.59 Å². The molecule has 0 bridgehead atoms. The monoisotopic (exact) mass is 716 g/mol. The molecule has 0 saturated carbocycles. The molecule has 0 heterocycles. The van der Waals surface area contributed by atoms with Crippen LogP contribution in [0.25, 0.3) is 0 Å². The van der Waals surface area contributed by atoms with Crippen LogP contribution in [-0.2, 0) is 17.4 Å². The molecule has 50 heavy (non-hydrogen) atoms. The van der Waals surface area contributed by atoms with Crippen LogP contribution in [0.15, 0.2) is 72.8 Å². The smallest absolute Gasteiger partial charge is 0.736 e. The zero-order valence-electron chi connectivity index (χ0n) is 29.1. The van der Waals surface area contributed by atoms with E-state index in [2.05, 4.69) is 0 Å². The van der Waals surface area contributed by atoms with Crippen molar-refractivity contribution in [2.75, 3.05) is 42.7 Å². The SMILES string of the molecule is COc1cc(CCC(=O)c2ccc(OP(=O)([O-])Oc3ccc(C(=O)CCc4cc(OC)cc(OC)c4)c(OC)c3)cc2OC)cc(OC)c1.[Na+]. The van der Waals surface area contributed by atoms with Crippen LogP contribution < -0.4 is 71.9 Å². The Morgan fingerprint density at radius 3 is 1.16 bits per heavy atom. The summed E-state index contributed by atoms with van der Waals surface area (Å²) in [6.07, 6.45) is 1.10. The number of hydrogen-bond donors (Lipinski definition) is 0. The van der Waals surface area contributed by atoms with Crippen molar-refractivity contribution in [3.63, 3.8) is 0 Å². The van der Waals surface area contributed by atoms with Gasteiger partial charge in [0.1, 0.15) is 46.0 Å². The third-order valence-corrected chi connectivity index (χ3v) is 8.35. The van der Waals surface area contributed by atoms with E-state index in [-0.39, 0.29) is 88.1 Å². The second-order valence-corrected chi connectivity index (χ2v) is 11.9. The minimum absolute atomic E-state index is 0. The Hall–Kier alpha value is -4.19. The molecule has 0 amide bonds. The van der Waals surface area contributed by atoms with E-state index in [1.165, 1.54) is 50.6 Å². The van der Waals surface area contributed by atoms with Gasteiger partial charge in [-0.2, -0.15) is 0 Å². The van der Waals surface area contributed by atoms with Gasteiger partial charge in [-0.05, 0) is 72.5 Å². The first kappa shape index (κ1) is 40.2. The molecule has 0 aromatic heterocycles. The van der Waals surface area contributed by atoms with Crippen molar-refractivity contribution in [3.05, 3.63) is 95.1 Å². The van der Waals surface area contributed by atoms with Gasteiger partial charge in [0.25, 0.3) is 0 Å². The predicted molar refractivity (Wildman–Crippen MR) is 179 cm³/mol. The van der Waals surface area contributed by atoms with Crippen molar-refractivity contribution in [2.45, 2.75) is 25.7 Å². The average molecular weight is 717 g/mol. The van der Waals surface area contributed by atoms with Crippen LogP contribution in [0.4, 0.5) is 0 Å². The number of aryl methyl sites for hydroxylation is 2. The number of ether oxygens (including phenoxy) is 6. The maximum Gasteiger partial charge on any atom is 1.00 e. The van der Waals surface area contributed by atoms with E-state index in [0.717, 1.165) is 11.1 Å². The Labute approximate surface area is 313 Å². The summed E-state index contributed by atoms with van der Waals surface area (Å²) in [6.45, 7) is 0. The van der Waals surface area contributed by atoms with Crippen molar-refractivity contribution in [2.24, 2.45) is 0 Å². The van der Waals surface area contributed by atoms with Crippen LogP contribution in [0.5, 0.6) is 46.0 Å². The normalized spacial score (nSPS) is 10.7. The molecule has 0 saturated heterocycles. The van der Waals surface area contributed by atoms with E-state index in [4.69, 9.17) is 37.5 Å². The summed E-state index contributed by atoms with van der Waals surface area (Å²) in [5.41, 5.74) is 2.19. The minimum Gasteiger partial charge on any atom is -0.736 e. The van der Waals surface area contributed by atoms with Crippen molar-refractivity contribution < 1.29 is 86.1 Å². The first-order valence-electron chi connectivity index (χ1n) is 15.1. The molecule has 0 N–H and O–H groups in total. The van der Waals surface area contributed by atoms with Gasteiger partial charge < -0.3 is 42.4 Å². The van der Waals surface area contributed by atoms with Crippen LogP contribution in [0.3, 0.4) is 0 Å². The molecule has 0 unspecified atom stereocenters. The molecule has 4 aromatic carbocycles. The number of rotatable bonds is 18. The Balaban J connectivity index is 0.00000676. The molecule has 4 aromatic rings. The Morgan fingerprint density at radius 1 is 0.520 bits per heavy atom. The van der Waals surface area contributed by atoms with Gasteiger partial charge in [-0.15, -0.1) is 0 Å². The van der Waals surface area contributed by atoms with E-state index in [9.17, 15) is 19.0 Å². The molecule has 0 aliphatic carbocycles. The molecule has 4 rings (SSSR count). The number of benzene rings is 4. The van der Waals surface area contributed by atoms with Crippen LogP contribution >= 0.6 is 7.82 Å². The standard InChI is InChI=1S/C36H39O12P.Na/c1-41-27-15-23(16-28(19-27)42-2)7-13-33(37)31-11-9-25(21-35(31)45-5)47-49(39,40)48-26-10-12-32(36(22-26)46-6)34(38)14-8-24-17-29(43-3)20-30(18-24)44-4;/h9-12,15-22H,7-8,13-14H2,1-6H3,(H,39,40);/q;+1/p-1. The van der Waals surface area contributed by atoms with Gasteiger partial charge in [0.2, 0.25) is 0 Å². The van der Waals surface area contributed by atoms with Crippen molar-refractivity contribution in [3.8, 4) is 46.0 Å². The first-order chi connectivity index (χ1) is 23.5. The van der Waals surface area contributed by atoms with E-state index >= 15 is 0 Å². The van der Waals surface area contributed by atoms with E-state index in [1.54, 1.807) is 40.6 Å². The zero-order chi connectivity index (χ0) is 35.6. The number of ketones is 2. The topological polar surface area (TPSA) is 148 Å². The van der Waals surface area contributed by atoms with Crippen LogP contribution in [0, 0.1) is 0 Å². The third kappa shape index (κ3) is 10.9. The Morgan fingerprint density at radius 2 is 0.860 bits per heavy atom. The van der Waals surface area contributed by atoms with E-state index in [1.807, 2.05) is 24.3 Å². The van der Waals surface area contributed by atoms with Crippen LogP contribution in [0.2, 0.25) is 0 Å². The predicted octanol–water partition coefficient (Wildman–Crippen LogP) is 3.30.